The number of benzene rings is 1. The van der Waals surface area contributed by atoms with Crippen LogP contribution in [0.3, 0.4) is 0 Å². The first kappa shape index (κ1) is 20.0. The van der Waals surface area contributed by atoms with Crippen molar-refractivity contribution in [3.8, 4) is 0 Å². The van der Waals surface area contributed by atoms with Crippen LogP contribution in [0.1, 0.15) is 40.1 Å². The predicted molar refractivity (Wildman–Crippen MR) is 109 cm³/mol. The number of carbonyl (C=O) groups excluding carboxylic acids is 2. The summed E-state index contributed by atoms with van der Waals surface area (Å²) in [7, 11) is 2.05. The number of aromatic nitrogens is 1. The number of hydrogen-bond acceptors (Lipinski definition) is 4. The second kappa shape index (κ2) is 8.97. The van der Waals surface area contributed by atoms with Gasteiger partial charge in [-0.2, -0.15) is 0 Å². The summed E-state index contributed by atoms with van der Waals surface area (Å²) in [6.45, 7) is 7.61. The number of pyridine rings is 1. The Morgan fingerprint density at radius 2 is 1.68 bits per heavy atom. The Hall–Kier alpha value is -2.73. The molecule has 1 aliphatic rings. The van der Waals surface area contributed by atoms with Crippen molar-refractivity contribution in [2.45, 2.75) is 26.4 Å². The van der Waals surface area contributed by atoms with Crippen LogP contribution in [-0.2, 0) is 6.54 Å². The van der Waals surface area contributed by atoms with E-state index < -0.39 is 0 Å². The third kappa shape index (κ3) is 4.75. The molecule has 6 nitrogen and oxygen atoms in total. The normalized spacial score (nSPS) is 14.9. The molecule has 0 radical (unpaired) electrons. The molecule has 0 unspecified atom stereocenters. The van der Waals surface area contributed by atoms with E-state index in [2.05, 4.69) is 16.9 Å². The SMILES string of the molecule is CC(C)N(Cc1ccccc1)C(=O)c1cncc(C(=O)N2CCN(C)CC2)c1. The number of rotatable bonds is 5. The molecule has 2 aromatic rings. The van der Waals surface area contributed by atoms with Crippen molar-refractivity contribution >= 4 is 11.8 Å². The zero-order chi connectivity index (χ0) is 20.1. The van der Waals surface area contributed by atoms with Crippen LogP contribution in [-0.4, -0.2) is 70.8 Å². The molecule has 0 atom stereocenters. The maximum Gasteiger partial charge on any atom is 0.255 e. The van der Waals surface area contributed by atoms with Crippen molar-refractivity contribution in [2.24, 2.45) is 0 Å². The highest BCUT2D eigenvalue weighted by atomic mass is 16.2. The van der Waals surface area contributed by atoms with Crippen molar-refractivity contribution in [3.63, 3.8) is 0 Å². The molecule has 1 fully saturated rings. The average molecular weight is 380 g/mol. The summed E-state index contributed by atoms with van der Waals surface area (Å²) < 4.78 is 0. The van der Waals surface area contributed by atoms with Gasteiger partial charge in [-0.1, -0.05) is 30.3 Å². The number of carbonyl (C=O) groups is 2. The van der Waals surface area contributed by atoms with E-state index in [4.69, 9.17) is 0 Å². The van der Waals surface area contributed by atoms with E-state index in [1.165, 1.54) is 0 Å². The second-order valence-electron chi connectivity index (χ2n) is 7.57. The lowest BCUT2D eigenvalue weighted by atomic mass is 10.1. The van der Waals surface area contributed by atoms with E-state index in [0.29, 0.717) is 30.8 Å². The van der Waals surface area contributed by atoms with Gasteiger partial charge in [0, 0.05) is 51.2 Å². The number of piperazine rings is 1. The molecule has 0 spiro atoms. The number of nitrogens with zero attached hydrogens (tertiary/aromatic N) is 4. The van der Waals surface area contributed by atoms with Gasteiger partial charge in [-0.3, -0.25) is 14.6 Å². The molecule has 0 N–H and O–H groups in total. The fraction of sp³-hybridized carbons (Fsp3) is 0.409. The Morgan fingerprint density at radius 1 is 1.04 bits per heavy atom. The van der Waals surface area contributed by atoms with Gasteiger partial charge in [0.2, 0.25) is 0 Å². The first-order chi connectivity index (χ1) is 13.5. The minimum Gasteiger partial charge on any atom is -0.336 e. The van der Waals surface area contributed by atoms with Gasteiger partial charge in [0.1, 0.15) is 0 Å². The summed E-state index contributed by atoms with van der Waals surface area (Å²) in [5, 5.41) is 0. The van der Waals surface area contributed by atoms with Gasteiger partial charge in [0.15, 0.2) is 0 Å². The van der Waals surface area contributed by atoms with Gasteiger partial charge in [-0.25, -0.2) is 0 Å². The van der Waals surface area contributed by atoms with Crippen molar-refractivity contribution < 1.29 is 9.59 Å². The lowest BCUT2D eigenvalue weighted by molar-refractivity contribution is 0.0663. The van der Waals surface area contributed by atoms with Crippen molar-refractivity contribution in [3.05, 3.63) is 65.5 Å². The third-order valence-electron chi connectivity index (χ3n) is 5.10. The standard InChI is InChI=1S/C22H28N4O2/c1-17(2)26(16-18-7-5-4-6-8-18)22(28)20-13-19(14-23-15-20)21(27)25-11-9-24(3)10-12-25/h4-8,13-15,17H,9-12,16H2,1-3H3. The monoisotopic (exact) mass is 380 g/mol. The van der Waals surface area contributed by atoms with Crippen molar-refractivity contribution in [2.75, 3.05) is 33.2 Å². The largest absolute Gasteiger partial charge is 0.336 e. The quantitative estimate of drug-likeness (QED) is 0.800. The zero-order valence-corrected chi connectivity index (χ0v) is 16.8. The van der Waals surface area contributed by atoms with Crippen LogP contribution in [0.2, 0.25) is 0 Å². The third-order valence-corrected chi connectivity index (χ3v) is 5.10. The second-order valence-corrected chi connectivity index (χ2v) is 7.57. The Balaban J connectivity index is 1.77. The summed E-state index contributed by atoms with van der Waals surface area (Å²) in [6, 6.07) is 11.6. The van der Waals surface area contributed by atoms with Crippen LogP contribution in [0.4, 0.5) is 0 Å². The molecule has 0 saturated carbocycles. The molecule has 148 valence electrons. The fourth-order valence-electron chi connectivity index (χ4n) is 3.30. The lowest BCUT2D eigenvalue weighted by Gasteiger charge is -2.32. The highest BCUT2D eigenvalue weighted by Crippen LogP contribution is 2.15. The van der Waals surface area contributed by atoms with Crippen LogP contribution < -0.4 is 0 Å². The Morgan fingerprint density at radius 3 is 2.32 bits per heavy atom. The smallest absolute Gasteiger partial charge is 0.255 e. The van der Waals surface area contributed by atoms with E-state index >= 15 is 0 Å². The van der Waals surface area contributed by atoms with E-state index in [1.807, 2.05) is 49.1 Å². The fourth-order valence-corrected chi connectivity index (χ4v) is 3.30. The molecular formula is C22H28N4O2. The van der Waals surface area contributed by atoms with Crippen LogP contribution in [0.25, 0.3) is 0 Å². The molecule has 1 aromatic heterocycles. The molecule has 1 saturated heterocycles. The summed E-state index contributed by atoms with van der Waals surface area (Å²) in [6.07, 6.45) is 3.10. The maximum absolute atomic E-state index is 13.1. The van der Waals surface area contributed by atoms with Crippen LogP contribution in [0.5, 0.6) is 0 Å². The topological polar surface area (TPSA) is 56.8 Å². The van der Waals surface area contributed by atoms with Crippen molar-refractivity contribution in [1.82, 2.24) is 19.7 Å². The van der Waals surface area contributed by atoms with E-state index in [-0.39, 0.29) is 17.9 Å². The molecule has 0 bridgehead atoms. The highest BCUT2D eigenvalue weighted by molar-refractivity contribution is 5.99. The summed E-state index contributed by atoms with van der Waals surface area (Å²) in [5.41, 5.74) is 1.99. The van der Waals surface area contributed by atoms with Gasteiger partial charge < -0.3 is 14.7 Å². The molecule has 6 heteroatoms. The number of amides is 2. The van der Waals surface area contributed by atoms with E-state index in [9.17, 15) is 9.59 Å². The minimum atomic E-state index is -0.112. The number of likely N-dealkylation sites (N-methyl/N-ethyl adjacent to an activating group) is 1. The summed E-state index contributed by atoms with van der Waals surface area (Å²) in [4.78, 5) is 36.0. The molecule has 2 heterocycles. The number of hydrogen-bond donors (Lipinski definition) is 0. The molecule has 1 aliphatic heterocycles. The highest BCUT2D eigenvalue weighted by Gasteiger charge is 2.24. The maximum atomic E-state index is 13.1. The van der Waals surface area contributed by atoms with Crippen LogP contribution >= 0.6 is 0 Å². The Kier molecular flexibility index (Phi) is 6.41. The first-order valence-corrected chi connectivity index (χ1v) is 9.73. The van der Waals surface area contributed by atoms with Crippen LogP contribution in [0.15, 0.2) is 48.8 Å². The van der Waals surface area contributed by atoms with Gasteiger partial charge in [-0.05, 0) is 32.5 Å². The predicted octanol–water partition coefficient (Wildman–Crippen LogP) is 2.52. The van der Waals surface area contributed by atoms with E-state index in [0.717, 1.165) is 18.7 Å². The van der Waals surface area contributed by atoms with Crippen molar-refractivity contribution in [1.29, 1.82) is 0 Å². The zero-order valence-electron chi connectivity index (χ0n) is 16.8. The van der Waals surface area contributed by atoms with Gasteiger partial charge in [-0.15, -0.1) is 0 Å². The molecule has 2 amide bonds. The Labute approximate surface area is 166 Å². The first-order valence-electron chi connectivity index (χ1n) is 9.73. The lowest BCUT2D eigenvalue weighted by Crippen LogP contribution is -2.47. The van der Waals surface area contributed by atoms with Gasteiger partial charge in [0.05, 0.1) is 11.1 Å². The van der Waals surface area contributed by atoms with Gasteiger partial charge >= 0.3 is 0 Å². The minimum absolute atomic E-state index is 0.0321. The van der Waals surface area contributed by atoms with Crippen LogP contribution in [0, 0.1) is 0 Å². The molecule has 28 heavy (non-hydrogen) atoms. The molecule has 1 aromatic carbocycles. The molecular weight excluding hydrogens is 352 g/mol. The molecule has 3 rings (SSSR count). The average Bonchev–Trinajstić information content (AvgIpc) is 2.72. The van der Waals surface area contributed by atoms with Gasteiger partial charge in [0.25, 0.3) is 11.8 Å². The van der Waals surface area contributed by atoms with E-state index in [1.54, 1.807) is 23.4 Å². The Bertz CT molecular complexity index is 814. The summed E-state index contributed by atoms with van der Waals surface area (Å²) in [5.74, 6) is -0.172. The molecule has 0 aliphatic carbocycles. The summed E-state index contributed by atoms with van der Waals surface area (Å²) >= 11 is 0.